The zero-order chi connectivity index (χ0) is 28.1. The lowest BCUT2D eigenvalue weighted by atomic mass is 9.77. The molecule has 1 aliphatic heterocycles. The van der Waals surface area contributed by atoms with Crippen LogP contribution >= 0.6 is 11.8 Å². The van der Waals surface area contributed by atoms with Gasteiger partial charge in [-0.15, -0.1) is 0 Å². The minimum absolute atomic E-state index is 0.0625. The highest BCUT2D eigenvalue weighted by Crippen LogP contribution is 2.44. The van der Waals surface area contributed by atoms with Crippen LogP contribution in [0.1, 0.15) is 47.4 Å². The van der Waals surface area contributed by atoms with E-state index >= 15 is 0 Å². The standard InChI is InChI=1S/C33H31N3O3S/c1-21-11-16-27(22(2)17-21)35-30(38)20-40-33-26(18-34)31(32-28(36-33)9-6-10-29(32)37)24-12-14-25(15-13-24)39-19-23-7-4-3-5-8-23/h3-5,7-8,11-17,31,36H,6,9-10,19-20H2,1-2H3,(H,35,38). The van der Waals surface area contributed by atoms with Gasteiger partial charge in [-0.25, -0.2) is 0 Å². The number of anilines is 1. The number of dihydropyridines is 1. The number of hydrogen-bond donors (Lipinski definition) is 2. The van der Waals surface area contributed by atoms with E-state index in [4.69, 9.17) is 4.74 Å². The first-order valence-electron chi connectivity index (χ1n) is 13.4. The molecule has 2 aliphatic rings. The molecule has 0 bridgehead atoms. The molecule has 40 heavy (non-hydrogen) atoms. The maximum atomic E-state index is 13.1. The molecular formula is C33H31N3O3S. The highest BCUT2D eigenvalue weighted by atomic mass is 32.2. The number of aryl methyl sites for hydroxylation is 2. The van der Waals surface area contributed by atoms with E-state index in [1.54, 1.807) is 0 Å². The zero-order valence-electron chi connectivity index (χ0n) is 22.6. The van der Waals surface area contributed by atoms with Gasteiger partial charge in [0.25, 0.3) is 0 Å². The summed E-state index contributed by atoms with van der Waals surface area (Å²) >= 11 is 1.29. The van der Waals surface area contributed by atoms with Crippen LogP contribution in [0.4, 0.5) is 5.69 Å². The molecule has 0 saturated carbocycles. The predicted molar refractivity (Wildman–Crippen MR) is 159 cm³/mol. The van der Waals surface area contributed by atoms with Gasteiger partial charge in [0.05, 0.1) is 28.3 Å². The van der Waals surface area contributed by atoms with Crippen LogP contribution in [0.5, 0.6) is 5.75 Å². The number of amides is 1. The molecule has 0 aromatic heterocycles. The lowest BCUT2D eigenvalue weighted by Gasteiger charge is -2.33. The van der Waals surface area contributed by atoms with Gasteiger partial charge in [0.15, 0.2) is 5.78 Å². The maximum Gasteiger partial charge on any atom is 0.234 e. The van der Waals surface area contributed by atoms with Gasteiger partial charge >= 0.3 is 0 Å². The molecule has 0 saturated heterocycles. The van der Waals surface area contributed by atoms with E-state index in [0.29, 0.717) is 35.0 Å². The minimum atomic E-state index is -0.484. The van der Waals surface area contributed by atoms with Crippen LogP contribution < -0.4 is 15.4 Å². The Labute approximate surface area is 239 Å². The number of nitriles is 1. The fourth-order valence-corrected chi connectivity index (χ4v) is 6.01. The van der Waals surface area contributed by atoms with Crippen molar-refractivity contribution < 1.29 is 14.3 Å². The molecule has 1 aliphatic carbocycles. The third-order valence-corrected chi connectivity index (χ3v) is 8.15. The van der Waals surface area contributed by atoms with Crippen molar-refractivity contribution in [3.05, 3.63) is 117 Å². The Hall–Kier alpha value is -4.28. The first-order valence-corrected chi connectivity index (χ1v) is 14.4. The molecule has 1 amide bonds. The Balaban J connectivity index is 1.36. The summed E-state index contributed by atoms with van der Waals surface area (Å²) in [5, 5.41) is 17.2. The number of rotatable bonds is 8. The lowest BCUT2D eigenvalue weighted by Crippen LogP contribution is -2.31. The highest BCUT2D eigenvalue weighted by Gasteiger charge is 2.37. The topological polar surface area (TPSA) is 91.2 Å². The van der Waals surface area contributed by atoms with Crippen molar-refractivity contribution in [1.29, 1.82) is 5.26 Å². The SMILES string of the molecule is Cc1ccc(NC(=O)CSC2=C(C#N)C(c3ccc(OCc4ccccc4)cc3)C3=C(CCCC3=O)N2)c(C)c1. The number of nitrogens with one attached hydrogen (secondary N) is 2. The van der Waals surface area contributed by atoms with Crippen molar-refractivity contribution >= 4 is 29.1 Å². The van der Waals surface area contributed by atoms with Crippen LogP contribution in [0.3, 0.4) is 0 Å². The molecule has 1 heterocycles. The average Bonchev–Trinajstić information content (AvgIpc) is 2.96. The van der Waals surface area contributed by atoms with Crippen LogP contribution in [-0.4, -0.2) is 17.4 Å². The van der Waals surface area contributed by atoms with E-state index in [2.05, 4.69) is 16.7 Å². The van der Waals surface area contributed by atoms with Gasteiger partial charge in [0.1, 0.15) is 12.4 Å². The molecule has 3 aromatic carbocycles. The van der Waals surface area contributed by atoms with Gasteiger partial charge < -0.3 is 15.4 Å². The molecular weight excluding hydrogens is 518 g/mol. The van der Waals surface area contributed by atoms with Crippen LogP contribution in [0.2, 0.25) is 0 Å². The lowest BCUT2D eigenvalue weighted by molar-refractivity contribution is -0.116. The van der Waals surface area contributed by atoms with Crippen LogP contribution in [0.15, 0.2) is 94.7 Å². The molecule has 2 N–H and O–H groups in total. The van der Waals surface area contributed by atoms with E-state index < -0.39 is 5.92 Å². The number of ether oxygens (including phenoxy) is 1. The van der Waals surface area contributed by atoms with Crippen molar-refractivity contribution in [2.75, 3.05) is 11.1 Å². The average molecular weight is 550 g/mol. The van der Waals surface area contributed by atoms with Crippen LogP contribution in [0, 0.1) is 25.2 Å². The number of carbonyl (C=O) groups is 2. The first-order chi connectivity index (χ1) is 19.4. The Bertz CT molecular complexity index is 1540. The van der Waals surface area contributed by atoms with Crippen molar-refractivity contribution in [3.8, 4) is 11.8 Å². The summed E-state index contributed by atoms with van der Waals surface area (Å²) < 4.78 is 5.95. The summed E-state index contributed by atoms with van der Waals surface area (Å²) in [5.74, 6) is 0.274. The predicted octanol–water partition coefficient (Wildman–Crippen LogP) is 6.68. The van der Waals surface area contributed by atoms with Crippen molar-refractivity contribution in [2.45, 2.75) is 45.6 Å². The van der Waals surface area contributed by atoms with Gasteiger partial charge in [-0.2, -0.15) is 5.26 Å². The number of hydrogen-bond acceptors (Lipinski definition) is 6. The number of benzene rings is 3. The number of allylic oxidation sites excluding steroid dienone is 3. The molecule has 1 atom stereocenters. The number of carbonyl (C=O) groups excluding carboxylic acids is 2. The van der Waals surface area contributed by atoms with E-state index in [-0.39, 0.29) is 17.4 Å². The maximum absolute atomic E-state index is 13.1. The summed E-state index contributed by atoms with van der Waals surface area (Å²) in [4.78, 5) is 25.9. The smallest absolute Gasteiger partial charge is 0.234 e. The first kappa shape index (κ1) is 27.3. The largest absolute Gasteiger partial charge is 0.489 e. The third-order valence-electron chi connectivity index (χ3n) is 7.13. The van der Waals surface area contributed by atoms with E-state index in [9.17, 15) is 14.9 Å². The van der Waals surface area contributed by atoms with Gasteiger partial charge in [0.2, 0.25) is 5.91 Å². The molecule has 202 valence electrons. The Morgan fingerprint density at radius 3 is 2.58 bits per heavy atom. The summed E-state index contributed by atoms with van der Waals surface area (Å²) in [6.45, 7) is 4.43. The molecule has 7 heteroatoms. The van der Waals surface area contributed by atoms with E-state index in [1.807, 2.05) is 86.6 Å². The third kappa shape index (κ3) is 6.13. The van der Waals surface area contributed by atoms with Gasteiger partial charge in [-0.3, -0.25) is 9.59 Å². The molecule has 1 unspecified atom stereocenters. The van der Waals surface area contributed by atoms with Gasteiger partial charge in [-0.05, 0) is 61.6 Å². The van der Waals surface area contributed by atoms with Crippen molar-refractivity contribution in [1.82, 2.24) is 5.32 Å². The number of nitrogens with zero attached hydrogens (tertiary/aromatic N) is 1. The van der Waals surface area contributed by atoms with E-state index in [1.165, 1.54) is 11.8 Å². The summed E-state index contributed by atoms with van der Waals surface area (Å²) in [7, 11) is 0. The molecule has 6 nitrogen and oxygen atoms in total. The Kier molecular flexibility index (Phi) is 8.37. The molecule has 0 radical (unpaired) electrons. The van der Waals surface area contributed by atoms with E-state index in [0.717, 1.165) is 46.5 Å². The number of ketones is 1. The van der Waals surface area contributed by atoms with Gasteiger partial charge in [0, 0.05) is 23.4 Å². The fraction of sp³-hybridized carbons (Fsp3) is 0.242. The minimum Gasteiger partial charge on any atom is -0.489 e. The second kappa shape index (κ2) is 12.3. The molecule has 3 aromatic rings. The Morgan fingerprint density at radius 1 is 1.07 bits per heavy atom. The monoisotopic (exact) mass is 549 g/mol. The summed E-state index contributed by atoms with van der Waals surface area (Å²) in [6.07, 6.45) is 1.96. The van der Waals surface area contributed by atoms with Crippen LogP contribution in [-0.2, 0) is 16.2 Å². The summed E-state index contributed by atoms with van der Waals surface area (Å²) in [5.41, 5.74) is 6.79. The fourth-order valence-electron chi connectivity index (χ4n) is 5.15. The molecule has 0 fully saturated rings. The number of thioether (sulfide) groups is 1. The Morgan fingerprint density at radius 2 is 1.85 bits per heavy atom. The van der Waals surface area contributed by atoms with Crippen molar-refractivity contribution in [3.63, 3.8) is 0 Å². The second-order valence-electron chi connectivity index (χ2n) is 10.1. The normalized spacial score (nSPS) is 16.6. The second-order valence-corrected chi connectivity index (χ2v) is 11.1. The van der Waals surface area contributed by atoms with Crippen molar-refractivity contribution in [2.24, 2.45) is 0 Å². The quantitative estimate of drug-likeness (QED) is 0.326. The van der Waals surface area contributed by atoms with Gasteiger partial charge in [-0.1, -0.05) is 71.9 Å². The number of Topliss-reactive ketones (excluding diaryl/α,β-unsaturated/α-hetero) is 1. The van der Waals surface area contributed by atoms with Crippen LogP contribution in [0.25, 0.3) is 0 Å². The zero-order valence-corrected chi connectivity index (χ0v) is 23.4. The molecule has 5 rings (SSSR count). The summed E-state index contributed by atoms with van der Waals surface area (Å²) in [6, 6.07) is 25.8. The molecule has 0 spiro atoms. The highest BCUT2D eigenvalue weighted by molar-refractivity contribution is 8.03.